The molecule has 1 fully saturated rings. The van der Waals surface area contributed by atoms with Gasteiger partial charge in [-0.3, -0.25) is 4.79 Å². The van der Waals surface area contributed by atoms with Crippen LogP contribution in [0.3, 0.4) is 0 Å². The predicted octanol–water partition coefficient (Wildman–Crippen LogP) is 3.20. The monoisotopic (exact) mass is 261 g/mol. The zero-order valence-corrected chi connectivity index (χ0v) is 12.1. The second kappa shape index (κ2) is 6.09. The highest BCUT2D eigenvalue weighted by molar-refractivity contribution is 5.78. The second-order valence-corrected chi connectivity index (χ2v) is 5.39. The van der Waals surface area contributed by atoms with E-state index < -0.39 is 0 Å². The minimum atomic E-state index is 0.101. The van der Waals surface area contributed by atoms with E-state index in [1.807, 2.05) is 30.0 Å². The van der Waals surface area contributed by atoms with Crippen molar-refractivity contribution in [3.05, 3.63) is 29.8 Å². The van der Waals surface area contributed by atoms with Crippen LogP contribution in [0.25, 0.3) is 0 Å². The molecule has 3 heteroatoms. The van der Waals surface area contributed by atoms with Crippen LogP contribution in [0.4, 0.5) is 0 Å². The Bertz CT molecular complexity index is 438. The quantitative estimate of drug-likeness (QED) is 0.787. The van der Waals surface area contributed by atoms with E-state index in [2.05, 4.69) is 19.9 Å². The van der Waals surface area contributed by atoms with Crippen LogP contribution < -0.4 is 4.74 Å². The number of amides is 1. The van der Waals surface area contributed by atoms with Gasteiger partial charge in [0, 0.05) is 12.6 Å². The third-order valence-electron chi connectivity index (χ3n) is 3.54. The van der Waals surface area contributed by atoms with E-state index in [1.54, 1.807) is 0 Å². The number of benzene rings is 1. The molecule has 0 unspecified atom stereocenters. The van der Waals surface area contributed by atoms with Gasteiger partial charge in [-0.05, 0) is 37.3 Å². The fourth-order valence-electron chi connectivity index (χ4n) is 2.34. The molecule has 0 bridgehead atoms. The summed E-state index contributed by atoms with van der Waals surface area (Å²) in [5.74, 6) is 1.33. The van der Waals surface area contributed by atoms with Gasteiger partial charge in [0.05, 0.1) is 0 Å². The summed E-state index contributed by atoms with van der Waals surface area (Å²) in [4.78, 5) is 14.0. The maximum Gasteiger partial charge on any atom is 0.260 e. The van der Waals surface area contributed by atoms with Gasteiger partial charge in [0.25, 0.3) is 5.91 Å². The lowest BCUT2D eigenvalue weighted by Crippen LogP contribution is -2.36. The van der Waals surface area contributed by atoms with Crippen molar-refractivity contribution in [3.8, 4) is 5.75 Å². The average Bonchev–Trinajstić information content (AvgIpc) is 3.22. The third-order valence-corrected chi connectivity index (χ3v) is 3.54. The highest BCUT2D eigenvalue weighted by atomic mass is 16.5. The summed E-state index contributed by atoms with van der Waals surface area (Å²) < 4.78 is 5.73. The Balaban J connectivity index is 1.96. The SMILES string of the molecule is CCN(C(=O)COc1ccccc1C(C)C)C1CC1. The zero-order valence-electron chi connectivity index (χ0n) is 12.1. The van der Waals surface area contributed by atoms with E-state index >= 15 is 0 Å². The Morgan fingerprint density at radius 1 is 1.37 bits per heavy atom. The van der Waals surface area contributed by atoms with Crippen molar-refractivity contribution in [1.82, 2.24) is 4.90 Å². The van der Waals surface area contributed by atoms with Crippen LogP contribution >= 0.6 is 0 Å². The number of carbonyl (C=O) groups excluding carboxylic acids is 1. The van der Waals surface area contributed by atoms with E-state index in [9.17, 15) is 4.79 Å². The summed E-state index contributed by atoms with van der Waals surface area (Å²) in [6, 6.07) is 8.41. The summed E-state index contributed by atoms with van der Waals surface area (Å²) in [6.45, 7) is 7.21. The first-order valence-electron chi connectivity index (χ1n) is 7.14. The van der Waals surface area contributed by atoms with Gasteiger partial charge in [0.1, 0.15) is 5.75 Å². The molecule has 1 aromatic rings. The Hall–Kier alpha value is -1.51. The van der Waals surface area contributed by atoms with Gasteiger partial charge in [0.2, 0.25) is 0 Å². The van der Waals surface area contributed by atoms with Gasteiger partial charge < -0.3 is 9.64 Å². The minimum Gasteiger partial charge on any atom is -0.483 e. The Morgan fingerprint density at radius 3 is 2.63 bits per heavy atom. The van der Waals surface area contributed by atoms with Gasteiger partial charge >= 0.3 is 0 Å². The molecule has 0 atom stereocenters. The molecule has 1 aromatic carbocycles. The number of nitrogens with zero attached hydrogens (tertiary/aromatic N) is 1. The molecule has 1 saturated carbocycles. The van der Waals surface area contributed by atoms with Crippen LogP contribution in [0, 0.1) is 0 Å². The standard InChI is InChI=1S/C16H23NO2/c1-4-17(13-9-10-13)16(18)11-19-15-8-6-5-7-14(15)12(2)3/h5-8,12-13H,4,9-11H2,1-3H3. The summed E-state index contributed by atoms with van der Waals surface area (Å²) >= 11 is 0. The van der Waals surface area contributed by atoms with Crippen molar-refractivity contribution in [1.29, 1.82) is 0 Å². The molecule has 0 aromatic heterocycles. The van der Waals surface area contributed by atoms with E-state index in [-0.39, 0.29) is 12.5 Å². The smallest absolute Gasteiger partial charge is 0.260 e. The molecule has 0 heterocycles. The topological polar surface area (TPSA) is 29.5 Å². The maximum atomic E-state index is 12.1. The molecule has 1 amide bonds. The molecule has 1 aliphatic carbocycles. The molecule has 0 N–H and O–H groups in total. The van der Waals surface area contributed by atoms with Gasteiger partial charge in [-0.2, -0.15) is 0 Å². The number of para-hydroxylation sites is 1. The van der Waals surface area contributed by atoms with Crippen LogP contribution in [-0.4, -0.2) is 30.0 Å². The lowest BCUT2D eigenvalue weighted by molar-refractivity contribution is -0.133. The van der Waals surface area contributed by atoms with Crippen molar-refractivity contribution in [2.45, 2.75) is 45.6 Å². The van der Waals surface area contributed by atoms with Gasteiger partial charge in [0.15, 0.2) is 6.61 Å². The number of hydrogen-bond donors (Lipinski definition) is 0. The fourth-order valence-corrected chi connectivity index (χ4v) is 2.34. The third kappa shape index (κ3) is 3.49. The first-order valence-corrected chi connectivity index (χ1v) is 7.14. The van der Waals surface area contributed by atoms with Crippen molar-refractivity contribution in [2.24, 2.45) is 0 Å². The summed E-state index contributed by atoms with van der Waals surface area (Å²) in [6.07, 6.45) is 2.28. The molecule has 1 aliphatic rings. The molecule has 3 nitrogen and oxygen atoms in total. The molecule has 2 rings (SSSR count). The summed E-state index contributed by atoms with van der Waals surface area (Å²) in [7, 11) is 0. The molecule has 0 aliphatic heterocycles. The van der Waals surface area contributed by atoms with Crippen LogP contribution in [0.2, 0.25) is 0 Å². The number of hydrogen-bond acceptors (Lipinski definition) is 2. The van der Waals surface area contributed by atoms with Crippen molar-refractivity contribution >= 4 is 5.91 Å². The van der Waals surface area contributed by atoms with Gasteiger partial charge in [-0.15, -0.1) is 0 Å². The summed E-state index contributed by atoms with van der Waals surface area (Å²) in [5.41, 5.74) is 1.16. The number of rotatable bonds is 6. The van der Waals surface area contributed by atoms with Crippen LogP contribution in [0.5, 0.6) is 5.75 Å². The number of likely N-dealkylation sites (N-methyl/N-ethyl adjacent to an activating group) is 1. The molecule has 0 spiro atoms. The van der Waals surface area contributed by atoms with Crippen LogP contribution in [0.1, 0.15) is 45.1 Å². The van der Waals surface area contributed by atoms with E-state index in [1.165, 1.54) is 0 Å². The molecule has 19 heavy (non-hydrogen) atoms. The highest BCUT2D eigenvalue weighted by Gasteiger charge is 2.31. The zero-order chi connectivity index (χ0) is 13.8. The molecule has 104 valence electrons. The predicted molar refractivity (Wildman–Crippen MR) is 76.4 cm³/mol. The minimum absolute atomic E-state index is 0.101. The van der Waals surface area contributed by atoms with Crippen molar-refractivity contribution < 1.29 is 9.53 Å². The fraction of sp³-hybridized carbons (Fsp3) is 0.562. The number of carbonyl (C=O) groups is 1. The second-order valence-electron chi connectivity index (χ2n) is 5.39. The van der Waals surface area contributed by atoms with E-state index in [0.717, 1.165) is 30.7 Å². The lowest BCUT2D eigenvalue weighted by Gasteiger charge is -2.21. The largest absolute Gasteiger partial charge is 0.483 e. The molecule has 0 radical (unpaired) electrons. The Kier molecular flexibility index (Phi) is 4.46. The Labute approximate surface area is 115 Å². The first-order chi connectivity index (χ1) is 9.13. The van der Waals surface area contributed by atoms with Crippen LogP contribution in [0.15, 0.2) is 24.3 Å². The van der Waals surface area contributed by atoms with Crippen LogP contribution in [-0.2, 0) is 4.79 Å². The molecule has 0 saturated heterocycles. The highest BCUT2D eigenvalue weighted by Crippen LogP contribution is 2.28. The summed E-state index contributed by atoms with van der Waals surface area (Å²) in [5, 5.41) is 0. The van der Waals surface area contributed by atoms with Gasteiger partial charge in [-0.1, -0.05) is 32.0 Å². The van der Waals surface area contributed by atoms with Crippen molar-refractivity contribution in [3.63, 3.8) is 0 Å². The Morgan fingerprint density at radius 2 is 2.05 bits per heavy atom. The molecular formula is C16H23NO2. The molecular weight excluding hydrogens is 238 g/mol. The van der Waals surface area contributed by atoms with Gasteiger partial charge in [-0.25, -0.2) is 0 Å². The number of ether oxygens (including phenoxy) is 1. The van der Waals surface area contributed by atoms with Crippen molar-refractivity contribution in [2.75, 3.05) is 13.2 Å². The first kappa shape index (κ1) is 13.9. The maximum absolute atomic E-state index is 12.1. The normalized spacial score (nSPS) is 14.5. The van der Waals surface area contributed by atoms with E-state index in [4.69, 9.17) is 4.74 Å². The average molecular weight is 261 g/mol. The lowest BCUT2D eigenvalue weighted by atomic mass is 10.0. The van der Waals surface area contributed by atoms with E-state index in [0.29, 0.717) is 12.0 Å².